The van der Waals surface area contributed by atoms with Gasteiger partial charge in [-0.15, -0.1) is 0 Å². The fourth-order valence-electron chi connectivity index (χ4n) is 2.95. The molecule has 0 N–H and O–H groups in total. The first-order valence-corrected chi connectivity index (χ1v) is 6.08. The number of likely N-dealkylation sites (tertiary alicyclic amines) is 1. The summed E-state index contributed by atoms with van der Waals surface area (Å²) >= 11 is 0. The van der Waals surface area contributed by atoms with Gasteiger partial charge in [-0.25, -0.2) is 0 Å². The summed E-state index contributed by atoms with van der Waals surface area (Å²) in [5, 5.41) is 0. The van der Waals surface area contributed by atoms with E-state index in [4.69, 9.17) is 0 Å². The zero-order valence-electron chi connectivity index (χ0n) is 10.8. The predicted molar refractivity (Wildman–Crippen MR) is 64.6 cm³/mol. The highest BCUT2D eigenvalue weighted by atomic mass is 16.2. The van der Waals surface area contributed by atoms with E-state index in [2.05, 4.69) is 32.6 Å². The molecule has 1 saturated heterocycles. The van der Waals surface area contributed by atoms with Gasteiger partial charge in [-0.05, 0) is 37.0 Å². The Morgan fingerprint density at radius 1 is 1.31 bits per heavy atom. The van der Waals surface area contributed by atoms with Crippen molar-refractivity contribution in [3.05, 3.63) is 0 Å². The zero-order chi connectivity index (χ0) is 12.0. The average Bonchev–Trinajstić information content (AvgIpc) is 1.96. The quantitative estimate of drug-likeness (QED) is 0.572. The fraction of sp³-hybridized carbons (Fsp3) is 0.786. The van der Waals surface area contributed by atoms with E-state index in [1.165, 1.54) is 12.8 Å². The normalized spacial score (nSPS) is 23.1. The number of rotatable bonds is 0. The minimum atomic E-state index is 0.00679. The number of carbonyl (C=O) groups excluding carboxylic acids is 1. The number of amides is 1. The van der Waals surface area contributed by atoms with E-state index in [-0.39, 0.29) is 5.91 Å². The highest BCUT2D eigenvalue weighted by Gasteiger charge is 2.55. The highest BCUT2D eigenvalue weighted by molar-refractivity contribution is 5.94. The van der Waals surface area contributed by atoms with Gasteiger partial charge >= 0.3 is 0 Å². The second kappa shape index (κ2) is 3.52. The lowest BCUT2D eigenvalue weighted by atomic mass is 9.52. The molecule has 2 heteroatoms. The van der Waals surface area contributed by atoms with Crippen molar-refractivity contribution in [1.82, 2.24) is 4.90 Å². The van der Waals surface area contributed by atoms with Crippen molar-refractivity contribution in [2.75, 3.05) is 13.1 Å². The van der Waals surface area contributed by atoms with Crippen molar-refractivity contribution in [2.24, 2.45) is 16.7 Å². The largest absolute Gasteiger partial charge is 0.331 e. The van der Waals surface area contributed by atoms with E-state index in [0.29, 0.717) is 10.8 Å². The van der Waals surface area contributed by atoms with Crippen molar-refractivity contribution >= 4 is 5.91 Å². The van der Waals surface area contributed by atoms with Gasteiger partial charge in [-0.2, -0.15) is 0 Å². The molecule has 0 bridgehead atoms. The maximum atomic E-state index is 11.5. The first kappa shape index (κ1) is 11.5. The molecule has 2 aliphatic rings. The minimum Gasteiger partial charge on any atom is -0.331 e. The van der Waals surface area contributed by atoms with Crippen LogP contribution in [0.4, 0.5) is 0 Å². The summed E-state index contributed by atoms with van der Waals surface area (Å²) < 4.78 is 0. The zero-order valence-corrected chi connectivity index (χ0v) is 10.8. The Bertz CT molecular complexity index is 352. The monoisotopic (exact) mass is 219 g/mol. The highest BCUT2D eigenvalue weighted by Crippen LogP contribution is 2.57. The second-order valence-corrected chi connectivity index (χ2v) is 6.51. The lowest BCUT2D eigenvalue weighted by molar-refractivity contribution is -0.155. The van der Waals surface area contributed by atoms with Crippen LogP contribution in [0.15, 0.2) is 0 Å². The molecule has 2 rings (SSSR count). The number of carbonyl (C=O) groups is 1. The Balaban J connectivity index is 1.82. The lowest BCUT2D eigenvalue weighted by Gasteiger charge is -2.61. The van der Waals surface area contributed by atoms with Crippen LogP contribution in [0.3, 0.4) is 0 Å². The smallest absolute Gasteiger partial charge is 0.298 e. The van der Waals surface area contributed by atoms with Gasteiger partial charge in [0.05, 0.1) is 0 Å². The molecule has 16 heavy (non-hydrogen) atoms. The summed E-state index contributed by atoms with van der Waals surface area (Å²) in [5.41, 5.74) is 0.891. The standard InChI is InChI=1S/C14H21NO/c1-5-6-12(16)15-9-14(10-15)7-11(8-14)13(2,3)4/h11H,7-10H2,1-4H3. The maximum Gasteiger partial charge on any atom is 0.298 e. The third-order valence-electron chi connectivity index (χ3n) is 4.16. The Kier molecular flexibility index (Phi) is 2.53. The molecular formula is C14H21NO. The van der Waals surface area contributed by atoms with Gasteiger partial charge < -0.3 is 4.90 Å². The van der Waals surface area contributed by atoms with Crippen LogP contribution < -0.4 is 0 Å². The van der Waals surface area contributed by atoms with Crippen LogP contribution in [0.5, 0.6) is 0 Å². The first-order valence-electron chi connectivity index (χ1n) is 6.08. The van der Waals surface area contributed by atoms with Gasteiger partial charge in [-0.3, -0.25) is 4.79 Å². The number of hydrogen-bond acceptors (Lipinski definition) is 1. The number of nitrogens with zero attached hydrogens (tertiary/aromatic N) is 1. The van der Waals surface area contributed by atoms with Crippen LogP contribution >= 0.6 is 0 Å². The van der Waals surface area contributed by atoms with Crippen LogP contribution in [0.25, 0.3) is 0 Å². The Hall–Kier alpha value is -0.970. The van der Waals surface area contributed by atoms with Crippen LogP contribution in [0, 0.1) is 28.6 Å². The topological polar surface area (TPSA) is 20.3 Å². The van der Waals surface area contributed by atoms with Gasteiger partial charge in [0.1, 0.15) is 0 Å². The predicted octanol–water partition coefficient (Wildman–Crippen LogP) is 2.29. The molecule has 88 valence electrons. The molecule has 0 atom stereocenters. The van der Waals surface area contributed by atoms with Gasteiger partial charge in [0.15, 0.2) is 0 Å². The molecule has 0 unspecified atom stereocenters. The molecular weight excluding hydrogens is 198 g/mol. The maximum absolute atomic E-state index is 11.5. The van der Waals surface area contributed by atoms with Gasteiger partial charge in [0, 0.05) is 18.5 Å². The van der Waals surface area contributed by atoms with Crippen LogP contribution in [-0.4, -0.2) is 23.9 Å². The summed E-state index contributed by atoms with van der Waals surface area (Å²) in [6.45, 7) is 10.5. The van der Waals surface area contributed by atoms with Crippen molar-refractivity contribution in [3.63, 3.8) is 0 Å². The van der Waals surface area contributed by atoms with Crippen molar-refractivity contribution in [1.29, 1.82) is 0 Å². The van der Waals surface area contributed by atoms with E-state index in [0.717, 1.165) is 19.0 Å². The molecule has 1 aliphatic carbocycles. The second-order valence-electron chi connectivity index (χ2n) is 6.51. The van der Waals surface area contributed by atoms with E-state index in [1.54, 1.807) is 6.92 Å². The van der Waals surface area contributed by atoms with Crippen molar-refractivity contribution in [3.8, 4) is 11.8 Å². The van der Waals surface area contributed by atoms with Gasteiger partial charge in [0.2, 0.25) is 0 Å². The van der Waals surface area contributed by atoms with Gasteiger partial charge in [-0.1, -0.05) is 26.7 Å². The van der Waals surface area contributed by atoms with E-state index in [9.17, 15) is 4.79 Å². The average molecular weight is 219 g/mol. The molecule has 2 nitrogen and oxygen atoms in total. The Labute approximate surface area is 98.4 Å². The van der Waals surface area contributed by atoms with Crippen molar-refractivity contribution in [2.45, 2.75) is 40.5 Å². The SMILES string of the molecule is CC#CC(=O)N1CC2(CC(C(C)(C)C)C2)C1. The fourth-order valence-corrected chi connectivity index (χ4v) is 2.95. The molecule has 1 heterocycles. The number of hydrogen-bond donors (Lipinski definition) is 0. The molecule has 0 aromatic heterocycles. The summed E-state index contributed by atoms with van der Waals surface area (Å²) in [7, 11) is 0. The summed E-state index contributed by atoms with van der Waals surface area (Å²) in [6, 6.07) is 0. The van der Waals surface area contributed by atoms with Gasteiger partial charge in [0.25, 0.3) is 5.91 Å². The summed E-state index contributed by atoms with van der Waals surface area (Å²) in [6.07, 6.45) is 2.58. The first-order chi connectivity index (χ1) is 7.36. The third-order valence-corrected chi connectivity index (χ3v) is 4.16. The van der Waals surface area contributed by atoms with Crippen LogP contribution in [0.2, 0.25) is 0 Å². The summed E-state index contributed by atoms with van der Waals surface area (Å²) in [5.74, 6) is 6.13. The molecule has 0 aromatic carbocycles. The molecule has 2 fully saturated rings. The summed E-state index contributed by atoms with van der Waals surface area (Å²) in [4.78, 5) is 13.4. The van der Waals surface area contributed by atoms with Crippen LogP contribution in [-0.2, 0) is 4.79 Å². The van der Waals surface area contributed by atoms with E-state index in [1.807, 2.05) is 4.90 Å². The minimum absolute atomic E-state index is 0.00679. The van der Waals surface area contributed by atoms with Crippen molar-refractivity contribution < 1.29 is 4.79 Å². The molecule has 1 spiro atoms. The van der Waals surface area contributed by atoms with E-state index < -0.39 is 0 Å². The Morgan fingerprint density at radius 2 is 1.88 bits per heavy atom. The third kappa shape index (κ3) is 1.84. The molecule has 0 aromatic rings. The van der Waals surface area contributed by atoms with E-state index >= 15 is 0 Å². The Morgan fingerprint density at radius 3 is 2.31 bits per heavy atom. The van der Waals surface area contributed by atoms with Crippen LogP contribution in [0.1, 0.15) is 40.5 Å². The molecule has 1 aliphatic heterocycles. The molecule has 1 saturated carbocycles. The lowest BCUT2D eigenvalue weighted by Crippen LogP contribution is -2.64. The molecule has 1 amide bonds. The molecule has 0 radical (unpaired) electrons.